The molecule has 2 nitrogen and oxygen atoms in total. The van der Waals surface area contributed by atoms with Gasteiger partial charge in [0.15, 0.2) is 0 Å². The Morgan fingerprint density at radius 2 is 2.05 bits per heavy atom. The molecule has 0 spiro atoms. The van der Waals surface area contributed by atoms with Gasteiger partial charge in [-0.15, -0.1) is 0 Å². The van der Waals surface area contributed by atoms with Crippen LogP contribution >= 0.6 is 31.9 Å². The fourth-order valence-electron chi connectivity index (χ4n) is 1.86. The van der Waals surface area contributed by atoms with Crippen molar-refractivity contribution in [1.29, 1.82) is 0 Å². The van der Waals surface area contributed by atoms with Crippen LogP contribution in [0.1, 0.15) is 33.3 Å². The first kappa shape index (κ1) is 17.7. The highest BCUT2D eigenvalue weighted by Crippen LogP contribution is 2.34. The quantitative estimate of drug-likeness (QED) is 0.669. The van der Waals surface area contributed by atoms with Crippen LogP contribution in [-0.4, -0.2) is 19.7 Å². The van der Waals surface area contributed by atoms with Gasteiger partial charge in [0.25, 0.3) is 0 Å². The van der Waals surface area contributed by atoms with Crippen LogP contribution in [0.25, 0.3) is 6.08 Å². The number of halogens is 2. The summed E-state index contributed by atoms with van der Waals surface area (Å²) >= 11 is 7.09. The summed E-state index contributed by atoms with van der Waals surface area (Å²) in [6.07, 6.45) is 2.17. The molecule has 20 heavy (non-hydrogen) atoms. The summed E-state index contributed by atoms with van der Waals surface area (Å²) < 4.78 is 7.75. The van der Waals surface area contributed by atoms with Gasteiger partial charge in [0, 0.05) is 16.6 Å². The number of ether oxygens (including phenoxy) is 1. The van der Waals surface area contributed by atoms with Gasteiger partial charge >= 0.3 is 0 Å². The average molecular weight is 405 g/mol. The highest BCUT2D eigenvalue weighted by Gasteiger charge is 2.08. The summed E-state index contributed by atoms with van der Waals surface area (Å²) in [5.74, 6) is 1.57. The monoisotopic (exact) mass is 403 g/mol. The standard InChI is InChI=1S/C16H23Br2NO/c1-5-20-16-13(7-14(17)8-15(16)18)6-12(4)10-19-9-11(2)3/h6-8,11,19H,5,9-10H2,1-4H3. The van der Waals surface area contributed by atoms with Crippen molar-refractivity contribution in [2.45, 2.75) is 27.7 Å². The number of hydrogen-bond donors (Lipinski definition) is 1. The minimum Gasteiger partial charge on any atom is -0.492 e. The number of benzene rings is 1. The van der Waals surface area contributed by atoms with Crippen LogP contribution < -0.4 is 10.1 Å². The first-order chi connectivity index (χ1) is 9.43. The Bertz CT molecular complexity index is 470. The molecule has 0 aliphatic carbocycles. The van der Waals surface area contributed by atoms with Gasteiger partial charge in [0.1, 0.15) is 5.75 Å². The first-order valence-corrected chi connectivity index (χ1v) is 8.52. The molecule has 0 radical (unpaired) electrons. The van der Waals surface area contributed by atoms with E-state index in [0.29, 0.717) is 12.5 Å². The molecular formula is C16H23Br2NO. The molecule has 0 aliphatic rings. The lowest BCUT2D eigenvalue weighted by atomic mass is 10.1. The van der Waals surface area contributed by atoms with Crippen LogP contribution in [0.4, 0.5) is 0 Å². The molecule has 0 bridgehead atoms. The van der Waals surface area contributed by atoms with Crippen molar-refractivity contribution in [1.82, 2.24) is 5.32 Å². The van der Waals surface area contributed by atoms with E-state index in [1.54, 1.807) is 0 Å². The molecular weight excluding hydrogens is 382 g/mol. The molecule has 112 valence electrons. The molecule has 0 aliphatic heterocycles. The summed E-state index contributed by atoms with van der Waals surface area (Å²) in [5, 5.41) is 3.45. The van der Waals surface area contributed by atoms with E-state index in [-0.39, 0.29) is 0 Å². The van der Waals surface area contributed by atoms with Crippen molar-refractivity contribution in [2.75, 3.05) is 19.7 Å². The van der Waals surface area contributed by atoms with E-state index in [1.165, 1.54) is 5.57 Å². The van der Waals surface area contributed by atoms with Gasteiger partial charge in [-0.25, -0.2) is 0 Å². The normalized spacial score (nSPS) is 12.1. The third kappa shape index (κ3) is 5.98. The molecule has 0 atom stereocenters. The molecule has 0 heterocycles. The predicted molar refractivity (Wildman–Crippen MR) is 94.4 cm³/mol. The third-order valence-corrected chi connectivity index (χ3v) is 3.73. The molecule has 0 aromatic heterocycles. The summed E-state index contributed by atoms with van der Waals surface area (Å²) in [4.78, 5) is 0. The van der Waals surface area contributed by atoms with E-state index in [0.717, 1.165) is 33.3 Å². The molecule has 0 amide bonds. The largest absolute Gasteiger partial charge is 0.492 e. The maximum Gasteiger partial charge on any atom is 0.140 e. The predicted octanol–water partition coefficient (Wildman–Crippen LogP) is 5.26. The van der Waals surface area contributed by atoms with Gasteiger partial charge in [-0.2, -0.15) is 0 Å². The van der Waals surface area contributed by atoms with Gasteiger partial charge in [-0.3, -0.25) is 0 Å². The lowest BCUT2D eigenvalue weighted by Crippen LogP contribution is -2.21. The van der Waals surface area contributed by atoms with Crippen molar-refractivity contribution >= 4 is 37.9 Å². The van der Waals surface area contributed by atoms with Crippen molar-refractivity contribution in [3.8, 4) is 5.75 Å². The Labute approximate surface area is 139 Å². The number of hydrogen-bond acceptors (Lipinski definition) is 2. The molecule has 4 heteroatoms. The van der Waals surface area contributed by atoms with Crippen LogP contribution in [0.5, 0.6) is 5.75 Å². The van der Waals surface area contributed by atoms with Gasteiger partial charge < -0.3 is 10.1 Å². The summed E-state index contributed by atoms with van der Waals surface area (Å²) in [6, 6.07) is 4.09. The molecule has 0 unspecified atom stereocenters. The minimum absolute atomic E-state index is 0.658. The zero-order chi connectivity index (χ0) is 15.1. The van der Waals surface area contributed by atoms with Crippen molar-refractivity contribution < 1.29 is 4.74 Å². The SMILES string of the molecule is CCOc1c(Br)cc(Br)cc1C=C(C)CNCC(C)C. The van der Waals surface area contributed by atoms with Crippen molar-refractivity contribution in [3.05, 3.63) is 32.2 Å². The fraction of sp³-hybridized carbons (Fsp3) is 0.500. The maximum atomic E-state index is 5.73. The zero-order valence-electron chi connectivity index (χ0n) is 12.6. The first-order valence-electron chi connectivity index (χ1n) is 6.93. The van der Waals surface area contributed by atoms with Crippen LogP contribution in [-0.2, 0) is 0 Å². The van der Waals surface area contributed by atoms with Gasteiger partial charge in [-0.05, 0) is 54.4 Å². The van der Waals surface area contributed by atoms with Gasteiger partial charge in [-0.1, -0.05) is 41.4 Å². The molecule has 0 saturated carbocycles. The van der Waals surface area contributed by atoms with Crippen LogP contribution in [0.2, 0.25) is 0 Å². The lowest BCUT2D eigenvalue weighted by Gasteiger charge is -2.12. The van der Waals surface area contributed by atoms with Crippen LogP contribution in [0, 0.1) is 5.92 Å². The Kier molecular flexibility index (Phi) is 7.85. The smallest absolute Gasteiger partial charge is 0.140 e. The Hall–Kier alpha value is -0.320. The fourth-order valence-corrected chi connectivity index (χ4v) is 3.23. The Morgan fingerprint density at radius 3 is 2.65 bits per heavy atom. The molecule has 1 aromatic rings. The highest BCUT2D eigenvalue weighted by molar-refractivity contribution is 9.11. The molecule has 1 N–H and O–H groups in total. The second kappa shape index (κ2) is 8.85. The van der Waals surface area contributed by atoms with E-state index in [9.17, 15) is 0 Å². The number of rotatable bonds is 7. The molecule has 0 fully saturated rings. The topological polar surface area (TPSA) is 21.3 Å². The van der Waals surface area contributed by atoms with E-state index in [1.807, 2.05) is 13.0 Å². The van der Waals surface area contributed by atoms with Gasteiger partial charge in [0.2, 0.25) is 0 Å². The summed E-state index contributed by atoms with van der Waals surface area (Å²) in [6.45, 7) is 11.2. The molecule has 0 saturated heterocycles. The second-order valence-corrected chi connectivity index (χ2v) is 7.02. The lowest BCUT2D eigenvalue weighted by molar-refractivity contribution is 0.337. The highest BCUT2D eigenvalue weighted by atomic mass is 79.9. The third-order valence-electron chi connectivity index (χ3n) is 2.68. The Morgan fingerprint density at radius 1 is 1.35 bits per heavy atom. The molecule has 1 rings (SSSR count). The maximum absolute atomic E-state index is 5.73. The second-order valence-electron chi connectivity index (χ2n) is 5.25. The van der Waals surface area contributed by atoms with Crippen LogP contribution in [0.3, 0.4) is 0 Å². The number of nitrogens with one attached hydrogen (secondary N) is 1. The van der Waals surface area contributed by atoms with Crippen molar-refractivity contribution in [3.63, 3.8) is 0 Å². The zero-order valence-corrected chi connectivity index (χ0v) is 15.8. The van der Waals surface area contributed by atoms with E-state index >= 15 is 0 Å². The van der Waals surface area contributed by atoms with E-state index < -0.39 is 0 Å². The average Bonchev–Trinajstić information content (AvgIpc) is 2.33. The molecule has 1 aromatic carbocycles. The summed E-state index contributed by atoms with van der Waals surface area (Å²) in [5.41, 5.74) is 2.38. The van der Waals surface area contributed by atoms with E-state index in [2.05, 4.69) is 70.1 Å². The minimum atomic E-state index is 0.658. The summed E-state index contributed by atoms with van der Waals surface area (Å²) in [7, 11) is 0. The Balaban J connectivity index is 2.88. The van der Waals surface area contributed by atoms with E-state index in [4.69, 9.17) is 4.74 Å². The van der Waals surface area contributed by atoms with Gasteiger partial charge in [0.05, 0.1) is 11.1 Å². The van der Waals surface area contributed by atoms with Crippen molar-refractivity contribution in [2.24, 2.45) is 5.92 Å². The van der Waals surface area contributed by atoms with Crippen LogP contribution in [0.15, 0.2) is 26.7 Å².